The molecule has 0 aliphatic heterocycles. The molecular formula is C21H19NO4S. The van der Waals surface area contributed by atoms with Gasteiger partial charge in [0.25, 0.3) is 10.0 Å². The molecule has 1 unspecified atom stereocenters. The first-order chi connectivity index (χ1) is 13.1. The van der Waals surface area contributed by atoms with Crippen molar-refractivity contribution in [2.75, 3.05) is 13.9 Å². The zero-order valence-corrected chi connectivity index (χ0v) is 15.6. The zero-order valence-electron chi connectivity index (χ0n) is 14.8. The van der Waals surface area contributed by atoms with Gasteiger partial charge in [-0.25, -0.2) is 12.4 Å². The van der Waals surface area contributed by atoms with Crippen LogP contribution in [0.3, 0.4) is 0 Å². The van der Waals surface area contributed by atoms with E-state index >= 15 is 0 Å². The molecule has 5 nitrogen and oxygen atoms in total. The van der Waals surface area contributed by atoms with Crippen LogP contribution in [0, 0.1) is 12.3 Å². The third kappa shape index (κ3) is 3.28. The van der Waals surface area contributed by atoms with E-state index in [9.17, 15) is 8.42 Å². The van der Waals surface area contributed by atoms with Crippen LogP contribution >= 0.6 is 0 Å². The first-order valence-electron chi connectivity index (χ1n) is 8.19. The zero-order chi connectivity index (χ0) is 19.4. The summed E-state index contributed by atoms with van der Waals surface area (Å²) in [7, 11) is -2.37. The Bertz CT molecular complexity index is 1110. The van der Waals surface area contributed by atoms with E-state index in [0.29, 0.717) is 22.2 Å². The number of hydrogen-bond acceptors (Lipinski definition) is 4. The third-order valence-electron chi connectivity index (χ3n) is 4.15. The Morgan fingerprint density at radius 2 is 1.85 bits per heavy atom. The van der Waals surface area contributed by atoms with Crippen molar-refractivity contribution >= 4 is 27.0 Å². The highest BCUT2D eigenvalue weighted by Crippen LogP contribution is 2.36. The highest BCUT2D eigenvalue weighted by atomic mass is 32.2. The van der Waals surface area contributed by atoms with E-state index in [2.05, 4.69) is 12.5 Å². The van der Waals surface area contributed by atoms with Gasteiger partial charge >= 0.3 is 0 Å². The first kappa shape index (κ1) is 18.9. The van der Waals surface area contributed by atoms with E-state index in [1.807, 2.05) is 12.1 Å². The quantitative estimate of drug-likeness (QED) is 0.461. The smallest absolute Gasteiger partial charge is 0.268 e. The van der Waals surface area contributed by atoms with Gasteiger partial charge in [-0.1, -0.05) is 48.9 Å². The van der Waals surface area contributed by atoms with Crippen LogP contribution in [-0.2, 0) is 19.5 Å². The summed E-state index contributed by atoms with van der Waals surface area (Å²) in [4.78, 5) is 0.176. The average molecular weight is 381 g/mol. The van der Waals surface area contributed by atoms with Gasteiger partial charge in [0.05, 0.1) is 16.1 Å². The number of nitrogens with zero attached hydrogens (tertiary/aromatic N) is 1. The minimum absolute atomic E-state index is 0.0175. The number of para-hydroxylation sites is 1. The number of benzene rings is 2. The lowest BCUT2D eigenvalue weighted by Gasteiger charge is -2.14. The van der Waals surface area contributed by atoms with E-state index in [1.165, 1.54) is 17.2 Å². The van der Waals surface area contributed by atoms with Crippen LogP contribution in [0.15, 0.2) is 66.1 Å². The molecule has 0 radical (unpaired) electrons. The summed E-state index contributed by atoms with van der Waals surface area (Å²) in [6.07, 6.45) is 6.37. The molecule has 3 aromatic rings. The molecule has 138 valence electrons. The summed E-state index contributed by atoms with van der Waals surface area (Å²) >= 11 is 0. The minimum Gasteiger partial charge on any atom is -0.359 e. The van der Waals surface area contributed by atoms with Crippen molar-refractivity contribution in [3.05, 3.63) is 72.4 Å². The molecular weight excluding hydrogens is 362 g/mol. The number of terminal acetylenes is 1. The fourth-order valence-electron chi connectivity index (χ4n) is 3.03. The predicted octanol–water partition coefficient (Wildman–Crippen LogP) is 3.82. The number of fused-ring (bicyclic) bond motifs is 1. The second kappa shape index (κ2) is 7.80. The Balaban J connectivity index is 2.35. The second-order valence-electron chi connectivity index (χ2n) is 5.72. The molecule has 0 bridgehead atoms. The van der Waals surface area contributed by atoms with Gasteiger partial charge in [-0.3, -0.25) is 0 Å². The molecule has 1 atom stereocenters. The molecule has 0 N–H and O–H groups in total. The summed E-state index contributed by atoms with van der Waals surface area (Å²) in [5.74, 6) is 2.57. The summed E-state index contributed by atoms with van der Waals surface area (Å²) in [5, 5.41) is 0.686. The molecule has 0 spiro atoms. The van der Waals surface area contributed by atoms with Gasteiger partial charge in [0.15, 0.2) is 0 Å². The molecule has 2 aromatic carbocycles. The summed E-state index contributed by atoms with van der Waals surface area (Å²) < 4.78 is 38.5. The Kier molecular flexibility index (Phi) is 5.47. The molecule has 1 heterocycles. The van der Waals surface area contributed by atoms with Crippen LogP contribution in [0.25, 0.3) is 17.0 Å². The maximum atomic E-state index is 13.4. The lowest BCUT2D eigenvalue weighted by molar-refractivity contribution is -0.0531. The predicted molar refractivity (Wildman–Crippen MR) is 106 cm³/mol. The van der Waals surface area contributed by atoms with Crippen molar-refractivity contribution < 1.29 is 17.9 Å². The molecule has 0 aliphatic rings. The van der Waals surface area contributed by atoms with Crippen molar-refractivity contribution in [2.24, 2.45) is 0 Å². The van der Waals surface area contributed by atoms with Gasteiger partial charge in [0.2, 0.25) is 0 Å². The Morgan fingerprint density at radius 3 is 2.48 bits per heavy atom. The maximum Gasteiger partial charge on any atom is 0.268 e. The Hall–Kier alpha value is -2.85. The number of aromatic nitrogens is 1. The van der Waals surface area contributed by atoms with E-state index < -0.39 is 16.1 Å². The molecule has 0 fully saturated rings. The third-order valence-corrected chi connectivity index (χ3v) is 5.89. The second-order valence-corrected chi connectivity index (χ2v) is 7.51. The lowest BCUT2D eigenvalue weighted by atomic mass is 10.1. The van der Waals surface area contributed by atoms with Crippen molar-refractivity contribution in [1.29, 1.82) is 0 Å². The van der Waals surface area contributed by atoms with E-state index in [-0.39, 0.29) is 11.7 Å². The molecule has 6 heteroatoms. The first-order valence-corrected chi connectivity index (χ1v) is 9.63. The van der Waals surface area contributed by atoms with Crippen LogP contribution in [0.4, 0.5) is 0 Å². The van der Waals surface area contributed by atoms with Crippen molar-refractivity contribution in [2.45, 2.75) is 11.0 Å². The van der Waals surface area contributed by atoms with E-state index in [0.717, 1.165) is 0 Å². The summed E-state index contributed by atoms with van der Waals surface area (Å²) in [6.45, 7) is 3.79. The van der Waals surface area contributed by atoms with Crippen LogP contribution in [0.1, 0.15) is 17.4 Å². The van der Waals surface area contributed by atoms with Crippen molar-refractivity contribution in [3.8, 4) is 12.3 Å². The standard InChI is InChI=1S/C21H19NO4S/c1-4-18-21(20(5-2)26-15-25-3)17-13-9-10-14-19(17)22(18)27(23,24)16-11-7-6-8-12-16/h2,4,6-14,20H,1,15H2,3H3. The number of hydrogen-bond donors (Lipinski definition) is 0. The normalized spacial score (nSPS) is 12.6. The highest BCUT2D eigenvalue weighted by molar-refractivity contribution is 7.90. The largest absolute Gasteiger partial charge is 0.359 e. The topological polar surface area (TPSA) is 57.5 Å². The van der Waals surface area contributed by atoms with Crippen LogP contribution in [0.5, 0.6) is 0 Å². The molecule has 27 heavy (non-hydrogen) atoms. The van der Waals surface area contributed by atoms with Gasteiger partial charge in [-0.15, -0.1) is 6.42 Å². The fraction of sp³-hybridized carbons (Fsp3) is 0.143. The maximum absolute atomic E-state index is 13.4. The Morgan fingerprint density at radius 1 is 1.19 bits per heavy atom. The van der Waals surface area contributed by atoms with Gasteiger partial charge in [-0.2, -0.15) is 0 Å². The van der Waals surface area contributed by atoms with Crippen LogP contribution in [-0.4, -0.2) is 26.3 Å². The number of rotatable bonds is 7. The van der Waals surface area contributed by atoms with Crippen molar-refractivity contribution in [3.63, 3.8) is 0 Å². The lowest BCUT2D eigenvalue weighted by Crippen LogP contribution is -2.15. The van der Waals surface area contributed by atoms with Gasteiger partial charge in [-0.05, 0) is 24.3 Å². The van der Waals surface area contributed by atoms with E-state index in [1.54, 1.807) is 42.5 Å². The SMILES string of the molecule is C#CC(OCOC)c1c(C=C)n(S(=O)(=O)c2ccccc2)c2ccccc12. The molecule has 0 saturated heterocycles. The van der Waals surface area contributed by atoms with Gasteiger partial charge < -0.3 is 9.47 Å². The molecule has 1 aromatic heterocycles. The monoisotopic (exact) mass is 381 g/mol. The number of methoxy groups -OCH3 is 1. The Labute approximate surface area is 158 Å². The molecule has 0 saturated carbocycles. The average Bonchev–Trinajstić information content (AvgIpc) is 3.04. The molecule has 3 rings (SSSR count). The van der Waals surface area contributed by atoms with Gasteiger partial charge in [0, 0.05) is 18.1 Å². The fourth-order valence-corrected chi connectivity index (χ4v) is 4.59. The van der Waals surface area contributed by atoms with Gasteiger partial charge in [0.1, 0.15) is 12.9 Å². The van der Waals surface area contributed by atoms with Crippen LogP contribution in [0.2, 0.25) is 0 Å². The highest BCUT2D eigenvalue weighted by Gasteiger charge is 2.28. The molecule has 0 aliphatic carbocycles. The summed E-state index contributed by atoms with van der Waals surface area (Å²) in [6, 6.07) is 15.4. The summed E-state index contributed by atoms with van der Waals surface area (Å²) in [5.41, 5.74) is 1.45. The molecule has 0 amide bonds. The number of ether oxygens (including phenoxy) is 2. The van der Waals surface area contributed by atoms with Crippen molar-refractivity contribution in [1.82, 2.24) is 3.97 Å². The van der Waals surface area contributed by atoms with E-state index in [4.69, 9.17) is 15.9 Å². The minimum atomic E-state index is -3.86. The van der Waals surface area contributed by atoms with Crippen LogP contribution < -0.4 is 0 Å².